The lowest BCUT2D eigenvalue weighted by atomic mass is 9.79. The quantitative estimate of drug-likeness (QED) is 0.301. The van der Waals surface area contributed by atoms with Gasteiger partial charge in [0.05, 0.1) is 17.9 Å². The fourth-order valence-corrected chi connectivity index (χ4v) is 6.02. The topological polar surface area (TPSA) is 21.7 Å². The molecule has 0 aromatic heterocycles. The smallest absolute Gasteiger partial charge is 0.182 e. The van der Waals surface area contributed by atoms with Crippen LogP contribution in [0, 0.1) is 11.6 Å². The Bertz CT molecular complexity index is 1090. The molecule has 6 heteroatoms. The maximum absolute atomic E-state index is 15.8. The number of anilines is 1. The van der Waals surface area contributed by atoms with Crippen molar-refractivity contribution in [3.05, 3.63) is 101 Å². The minimum atomic E-state index is -1.13. The first-order valence-electron chi connectivity index (χ1n) is 12.3. The number of hydrogen-bond acceptors (Lipinski definition) is 3. The molecule has 3 aromatic rings. The Morgan fingerprint density at radius 2 is 1.34 bits per heavy atom. The van der Waals surface area contributed by atoms with E-state index in [0.29, 0.717) is 18.7 Å². The van der Waals surface area contributed by atoms with E-state index in [9.17, 15) is 4.39 Å². The number of morpholine rings is 1. The van der Waals surface area contributed by atoms with Gasteiger partial charge < -0.3 is 14.1 Å². The molecule has 1 saturated heterocycles. The van der Waals surface area contributed by atoms with E-state index in [1.165, 1.54) is 6.07 Å². The van der Waals surface area contributed by atoms with Crippen molar-refractivity contribution in [2.24, 2.45) is 0 Å². The molecular formula is C29H35F2NO2Si. The monoisotopic (exact) mass is 495 g/mol. The molecule has 0 spiro atoms. The van der Waals surface area contributed by atoms with E-state index in [0.717, 1.165) is 11.1 Å². The lowest BCUT2D eigenvalue weighted by Crippen LogP contribution is -2.47. The third-order valence-electron chi connectivity index (χ3n) is 6.27. The Labute approximate surface area is 210 Å². The van der Waals surface area contributed by atoms with Crippen molar-refractivity contribution in [1.82, 2.24) is 0 Å². The highest BCUT2D eigenvalue weighted by Gasteiger charge is 2.43. The Balaban J connectivity index is 2.04. The molecule has 35 heavy (non-hydrogen) atoms. The van der Waals surface area contributed by atoms with Crippen LogP contribution in [0.5, 0.6) is 0 Å². The Morgan fingerprint density at radius 1 is 0.829 bits per heavy atom. The van der Waals surface area contributed by atoms with Gasteiger partial charge in [0.25, 0.3) is 0 Å². The van der Waals surface area contributed by atoms with Crippen molar-refractivity contribution in [1.29, 1.82) is 0 Å². The van der Waals surface area contributed by atoms with Gasteiger partial charge in [0.15, 0.2) is 21.4 Å². The number of ether oxygens (including phenoxy) is 1. The van der Waals surface area contributed by atoms with Gasteiger partial charge in [-0.2, -0.15) is 0 Å². The maximum atomic E-state index is 15.8. The predicted octanol–water partition coefficient (Wildman–Crippen LogP) is 6.19. The highest BCUT2D eigenvalue weighted by atomic mass is 28.2. The van der Waals surface area contributed by atoms with E-state index in [2.05, 4.69) is 20.8 Å². The van der Waals surface area contributed by atoms with Crippen LogP contribution in [0.1, 0.15) is 51.3 Å². The molecule has 1 aliphatic heterocycles. The Morgan fingerprint density at radius 3 is 1.83 bits per heavy atom. The second-order valence-corrected chi connectivity index (χ2v) is 13.4. The molecule has 2 atom stereocenters. The van der Waals surface area contributed by atoms with Crippen molar-refractivity contribution < 1.29 is 17.9 Å². The standard InChI is InChI=1S/C29H35F2NO2Si/c1-20-18-32(19-21(2)33-20)27-24(16-17-25(30)26(27)31)29(34-35-28(3,4)5,22-12-8-6-9-13-22)23-14-10-7-11-15-23/h6-17,20-21H,18-19,35H2,1-5H3. The third kappa shape index (κ3) is 5.35. The normalized spacial score (nSPS) is 19.5. The highest BCUT2D eigenvalue weighted by molar-refractivity contribution is 6.32. The van der Waals surface area contributed by atoms with Gasteiger partial charge in [-0.3, -0.25) is 0 Å². The summed E-state index contributed by atoms with van der Waals surface area (Å²) in [5.74, 6) is -1.71. The number of benzene rings is 3. The van der Waals surface area contributed by atoms with Crippen LogP contribution in [0.3, 0.4) is 0 Å². The summed E-state index contributed by atoms with van der Waals surface area (Å²) >= 11 is 0. The maximum Gasteiger partial charge on any atom is 0.182 e. The van der Waals surface area contributed by atoms with Crippen molar-refractivity contribution in [2.45, 2.75) is 57.5 Å². The molecular weight excluding hydrogens is 460 g/mol. The molecule has 4 rings (SSSR count). The van der Waals surface area contributed by atoms with Gasteiger partial charge in [0.1, 0.15) is 5.60 Å². The average Bonchev–Trinajstić information content (AvgIpc) is 2.82. The number of rotatable bonds is 6. The van der Waals surface area contributed by atoms with Gasteiger partial charge in [0.2, 0.25) is 0 Å². The summed E-state index contributed by atoms with van der Waals surface area (Å²) < 4.78 is 43.6. The Kier molecular flexibility index (Phi) is 7.45. The van der Waals surface area contributed by atoms with Gasteiger partial charge in [-0.05, 0) is 36.1 Å². The number of halogens is 2. The van der Waals surface area contributed by atoms with Crippen LogP contribution < -0.4 is 4.90 Å². The number of nitrogens with zero attached hydrogens (tertiary/aromatic N) is 1. The highest BCUT2D eigenvalue weighted by Crippen LogP contribution is 2.47. The molecule has 1 aliphatic rings. The van der Waals surface area contributed by atoms with E-state index < -0.39 is 27.0 Å². The van der Waals surface area contributed by atoms with Crippen LogP contribution >= 0.6 is 0 Å². The van der Waals surface area contributed by atoms with E-state index >= 15 is 4.39 Å². The van der Waals surface area contributed by atoms with Gasteiger partial charge >= 0.3 is 0 Å². The summed E-state index contributed by atoms with van der Waals surface area (Å²) in [4.78, 5) is 1.93. The molecule has 2 unspecified atom stereocenters. The summed E-state index contributed by atoms with van der Waals surface area (Å²) in [6, 6.07) is 22.8. The predicted molar refractivity (Wildman–Crippen MR) is 141 cm³/mol. The summed E-state index contributed by atoms with van der Waals surface area (Å²) in [5.41, 5.74) is 1.57. The van der Waals surface area contributed by atoms with E-state index in [1.807, 2.05) is 79.4 Å². The van der Waals surface area contributed by atoms with Crippen LogP contribution in [-0.4, -0.2) is 35.1 Å². The second kappa shape index (κ2) is 10.2. The minimum Gasteiger partial charge on any atom is -0.406 e. The molecule has 0 saturated carbocycles. The summed E-state index contributed by atoms with van der Waals surface area (Å²) in [6.07, 6.45) is -0.219. The lowest BCUT2D eigenvalue weighted by Gasteiger charge is -2.43. The van der Waals surface area contributed by atoms with E-state index in [4.69, 9.17) is 9.16 Å². The largest absolute Gasteiger partial charge is 0.406 e. The van der Waals surface area contributed by atoms with Crippen molar-refractivity contribution in [2.75, 3.05) is 18.0 Å². The first-order valence-corrected chi connectivity index (χ1v) is 13.5. The fourth-order valence-electron chi connectivity index (χ4n) is 4.89. The third-order valence-corrected chi connectivity index (χ3v) is 7.71. The van der Waals surface area contributed by atoms with Crippen LogP contribution in [0.25, 0.3) is 0 Å². The summed E-state index contributed by atoms with van der Waals surface area (Å²) in [5, 5.41) is -0.0183. The van der Waals surface area contributed by atoms with Crippen LogP contribution in [0.4, 0.5) is 14.5 Å². The molecule has 3 aromatic carbocycles. The summed E-state index contributed by atoms with van der Waals surface area (Å²) in [7, 11) is -1.13. The lowest BCUT2D eigenvalue weighted by molar-refractivity contribution is -0.00566. The Hall–Kier alpha value is -2.54. The zero-order chi connectivity index (χ0) is 25.2. The molecule has 0 aliphatic carbocycles. The average molecular weight is 496 g/mol. The first kappa shape index (κ1) is 25.5. The molecule has 1 heterocycles. The molecule has 0 amide bonds. The minimum absolute atomic E-state index is 0.0183. The summed E-state index contributed by atoms with van der Waals surface area (Å²) in [6.45, 7) is 11.4. The molecule has 0 bridgehead atoms. The van der Waals surface area contributed by atoms with Crippen LogP contribution in [-0.2, 0) is 14.8 Å². The van der Waals surface area contributed by atoms with E-state index in [-0.39, 0.29) is 22.9 Å². The van der Waals surface area contributed by atoms with Crippen molar-refractivity contribution in [3.63, 3.8) is 0 Å². The number of hydrogen-bond donors (Lipinski definition) is 0. The fraction of sp³-hybridized carbons (Fsp3) is 0.379. The van der Waals surface area contributed by atoms with Gasteiger partial charge in [0, 0.05) is 18.7 Å². The van der Waals surface area contributed by atoms with Crippen molar-refractivity contribution >= 4 is 15.5 Å². The molecule has 186 valence electrons. The van der Waals surface area contributed by atoms with Gasteiger partial charge in [-0.1, -0.05) is 87.5 Å². The zero-order valence-corrected chi connectivity index (χ0v) is 22.6. The van der Waals surface area contributed by atoms with Crippen LogP contribution in [0.15, 0.2) is 72.8 Å². The van der Waals surface area contributed by atoms with Gasteiger partial charge in [-0.25, -0.2) is 8.78 Å². The van der Waals surface area contributed by atoms with Crippen molar-refractivity contribution in [3.8, 4) is 0 Å². The molecule has 0 radical (unpaired) electrons. The zero-order valence-electron chi connectivity index (χ0n) is 21.2. The first-order chi connectivity index (χ1) is 16.6. The second-order valence-electron chi connectivity index (χ2n) is 10.7. The van der Waals surface area contributed by atoms with Crippen LogP contribution in [0.2, 0.25) is 5.04 Å². The molecule has 0 N–H and O–H groups in total. The van der Waals surface area contributed by atoms with Gasteiger partial charge in [-0.15, -0.1) is 0 Å². The SMILES string of the molecule is CC1CN(c2c(C(O[SiH2]C(C)(C)C)(c3ccccc3)c3ccccc3)ccc(F)c2F)CC(C)O1. The van der Waals surface area contributed by atoms with E-state index in [1.54, 1.807) is 6.07 Å². The molecule has 1 fully saturated rings. The molecule has 3 nitrogen and oxygen atoms in total.